The third-order valence-electron chi connectivity index (χ3n) is 1.22. The van der Waals surface area contributed by atoms with Gasteiger partial charge in [-0.05, 0) is 13.8 Å². The van der Waals surface area contributed by atoms with Crippen LogP contribution >= 0.6 is 0 Å². The van der Waals surface area contributed by atoms with Crippen LogP contribution in [-0.2, 0) is 4.79 Å². The minimum Gasteiger partial charge on any atom is -0.370 e. The van der Waals surface area contributed by atoms with E-state index in [-0.39, 0.29) is 5.91 Å². The molecule has 0 spiro atoms. The summed E-state index contributed by atoms with van der Waals surface area (Å²) in [6.45, 7) is 9.50. The maximum Gasteiger partial charge on any atom is 0.214 e. The lowest BCUT2D eigenvalue weighted by Crippen LogP contribution is -2.01. The first-order valence-corrected chi connectivity index (χ1v) is 4.81. The van der Waals surface area contributed by atoms with Gasteiger partial charge in [0.1, 0.15) is 0 Å². The smallest absolute Gasteiger partial charge is 0.214 e. The third-order valence-corrected chi connectivity index (χ3v) is 1.22. The molecule has 0 heterocycles. The van der Waals surface area contributed by atoms with Crippen LogP contribution in [0.1, 0.15) is 31.9 Å². The lowest BCUT2D eigenvalue weighted by Gasteiger charge is -1.90. The Balaban J connectivity index is 0. The average molecular weight is 195 g/mol. The van der Waals surface area contributed by atoms with Crippen LogP contribution in [0.5, 0.6) is 0 Å². The second kappa shape index (κ2) is 9.78. The molecule has 2 N–H and O–H groups in total. The number of aryl methyl sites for hydroxylation is 2. The minimum absolute atomic E-state index is 0.333. The van der Waals surface area contributed by atoms with E-state index in [2.05, 4.69) is 43.8 Å². The molecular formula is C12H21NO. The fourth-order valence-electron chi connectivity index (χ4n) is 0.637. The summed E-state index contributed by atoms with van der Waals surface area (Å²) < 4.78 is 0. The molecule has 1 rings (SSSR count). The number of rotatable bonds is 0. The zero-order chi connectivity index (χ0) is 11.6. The van der Waals surface area contributed by atoms with Crippen LogP contribution in [0.4, 0.5) is 0 Å². The number of carbonyl (C=O) groups is 1. The molecule has 2 heteroatoms. The van der Waals surface area contributed by atoms with Crippen LogP contribution in [0, 0.1) is 13.8 Å². The Bertz CT molecular complexity index is 214. The summed E-state index contributed by atoms with van der Waals surface area (Å²) in [5.41, 5.74) is 7.13. The summed E-state index contributed by atoms with van der Waals surface area (Å²) in [6.07, 6.45) is 0. The molecule has 1 aromatic carbocycles. The van der Waals surface area contributed by atoms with Crippen LogP contribution in [0.2, 0.25) is 0 Å². The van der Waals surface area contributed by atoms with Crippen molar-refractivity contribution in [1.82, 2.24) is 0 Å². The molecular weight excluding hydrogens is 174 g/mol. The highest BCUT2D eigenvalue weighted by Gasteiger charge is 1.79. The van der Waals surface area contributed by atoms with Crippen molar-refractivity contribution in [1.29, 1.82) is 0 Å². The van der Waals surface area contributed by atoms with Crippen LogP contribution in [0.15, 0.2) is 24.3 Å². The zero-order valence-corrected chi connectivity index (χ0v) is 9.79. The molecule has 0 aliphatic rings. The molecule has 0 fully saturated rings. The Hall–Kier alpha value is -1.31. The molecule has 0 aliphatic carbocycles. The number of hydrogen-bond acceptors (Lipinski definition) is 1. The first-order chi connectivity index (χ1) is 6.52. The standard InChI is InChI=1S/C8H10.C2H5NO.C2H6/c1-7-3-5-8(2)6-4-7;1-2(3)4;1-2/h3-6H,1-2H3;1H3,(H2,3,4);1-2H3. The summed E-state index contributed by atoms with van der Waals surface area (Å²) >= 11 is 0. The Morgan fingerprint density at radius 2 is 1.14 bits per heavy atom. The van der Waals surface area contributed by atoms with Crippen LogP contribution in [0.3, 0.4) is 0 Å². The first-order valence-electron chi connectivity index (χ1n) is 4.81. The number of amides is 1. The number of benzene rings is 1. The molecule has 14 heavy (non-hydrogen) atoms. The van der Waals surface area contributed by atoms with E-state index in [0.717, 1.165) is 0 Å². The monoisotopic (exact) mass is 195 g/mol. The quantitative estimate of drug-likeness (QED) is 0.679. The summed E-state index contributed by atoms with van der Waals surface area (Å²) in [5, 5.41) is 0. The zero-order valence-electron chi connectivity index (χ0n) is 9.79. The molecule has 0 saturated carbocycles. The van der Waals surface area contributed by atoms with Crippen molar-refractivity contribution in [3.63, 3.8) is 0 Å². The Labute approximate surface area is 87.1 Å². The van der Waals surface area contributed by atoms with E-state index in [1.165, 1.54) is 18.1 Å². The van der Waals surface area contributed by atoms with E-state index in [1.54, 1.807) is 0 Å². The average Bonchev–Trinajstić information content (AvgIpc) is 2.13. The van der Waals surface area contributed by atoms with Crippen molar-refractivity contribution >= 4 is 5.91 Å². The Kier molecular flexibility index (Phi) is 10.6. The summed E-state index contributed by atoms with van der Waals surface area (Å²) in [5.74, 6) is -0.333. The molecule has 0 aromatic heterocycles. The SMILES string of the molecule is CC.CC(N)=O.Cc1ccc(C)cc1. The van der Waals surface area contributed by atoms with E-state index in [0.29, 0.717) is 0 Å². The fourth-order valence-corrected chi connectivity index (χ4v) is 0.637. The van der Waals surface area contributed by atoms with Crippen LogP contribution in [-0.4, -0.2) is 5.91 Å². The van der Waals surface area contributed by atoms with Crippen LogP contribution in [0.25, 0.3) is 0 Å². The van der Waals surface area contributed by atoms with Crippen molar-refractivity contribution in [3.8, 4) is 0 Å². The number of nitrogens with two attached hydrogens (primary N) is 1. The molecule has 0 atom stereocenters. The van der Waals surface area contributed by atoms with Crippen molar-refractivity contribution in [3.05, 3.63) is 35.4 Å². The van der Waals surface area contributed by atoms with E-state index >= 15 is 0 Å². The maximum atomic E-state index is 9.22. The van der Waals surface area contributed by atoms with E-state index < -0.39 is 0 Å². The molecule has 0 saturated heterocycles. The highest BCUT2D eigenvalue weighted by molar-refractivity contribution is 5.70. The second-order valence-electron chi connectivity index (χ2n) is 2.77. The lowest BCUT2D eigenvalue weighted by atomic mass is 10.2. The van der Waals surface area contributed by atoms with Gasteiger partial charge in [0.2, 0.25) is 5.91 Å². The lowest BCUT2D eigenvalue weighted by molar-refractivity contribution is -0.115. The second-order valence-corrected chi connectivity index (χ2v) is 2.77. The van der Waals surface area contributed by atoms with E-state index in [4.69, 9.17) is 0 Å². The van der Waals surface area contributed by atoms with E-state index in [1.807, 2.05) is 13.8 Å². The minimum atomic E-state index is -0.333. The highest BCUT2D eigenvalue weighted by atomic mass is 16.1. The van der Waals surface area contributed by atoms with Gasteiger partial charge in [0.25, 0.3) is 0 Å². The predicted octanol–water partition coefficient (Wildman–Crippen LogP) is 2.82. The van der Waals surface area contributed by atoms with Crippen molar-refractivity contribution in [2.24, 2.45) is 5.73 Å². The normalized spacial score (nSPS) is 7.50. The van der Waals surface area contributed by atoms with Gasteiger partial charge < -0.3 is 5.73 Å². The number of primary amides is 1. The molecule has 1 amide bonds. The summed E-state index contributed by atoms with van der Waals surface area (Å²) in [7, 11) is 0. The molecule has 0 unspecified atom stereocenters. The van der Waals surface area contributed by atoms with Crippen molar-refractivity contribution < 1.29 is 4.79 Å². The van der Waals surface area contributed by atoms with Gasteiger partial charge in [-0.3, -0.25) is 4.79 Å². The fraction of sp³-hybridized carbons (Fsp3) is 0.417. The molecule has 0 aliphatic heterocycles. The van der Waals surface area contributed by atoms with Gasteiger partial charge in [0.15, 0.2) is 0 Å². The van der Waals surface area contributed by atoms with Crippen LogP contribution < -0.4 is 5.73 Å². The Morgan fingerprint density at radius 1 is 1.00 bits per heavy atom. The largest absolute Gasteiger partial charge is 0.370 e. The predicted molar refractivity (Wildman–Crippen MR) is 62.1 cm³/mol. The van der Waals surface area contributed by atoms with Crippen molar-refractivity contribution in [2.75, 3.05) is 0 Å². The topological polar surface area (TPSA) is 43.1 Å². The molecule has 2 nitrogen and oxygen atoms in total. The molecule has 0 radical (unpaired) electrons. The van der Waals surface area contributed by atoms with Gasteiger partial charge in [-0.1, -0.05) is 49.2 Å². The molecule has 1 aromatic rings. The first kappa shape index (κ1) is 15.2. The maximum absolute atomic E-state index is 9.22. The van der Waals surface area contributed by atoms with Crippen molar-refractivity contribution in [2.45, 2.75) is 34.6 Å². The Morgan fingerprint density at radius 3 is 1.29 bits per heavy atom. The van der Waals surface area contributed by atoms with Gasteiger partial charge in [0.05, 0.1) is 0 Å². The van der Waals surface area contributed by atoms with Gasteiger partial charge in [0, 0.05) is 6.92 Å². The van der Waals surface area contributed by atoms with E-state index in [9.17, 15) is 4.79 Å². The van der Waals surface area contributed by atoms with Gasteiger partial charge in [-0.25, -0.2) is 0 Å². The number of carbonyl (C=O) groups excluding carboxylic acids is 1. The summed E-state index contributed by atoms with van der Waals surface area (Å²) in [4.78, 5) is 9.22. The summed E-state index contributed by atoms with van der Waals surface area (Å²) in [6, 6.07) is 8.48. The third kappa shape index (κ3) is 13.3. The molecule has 80 valence electrons. The number of hydrogen-bond donors (Lipinski definition) is 1. The van der Waals surface area contributed by atoms with Gasteiger partial charge in [-0.15, -0.1) is 0 Å². The highest BCUT2D eigenvalue weighted by Crippen LogP contribution is 1.99. The molecule has 0 bridgehead atoms. The van der Waals surface area contributed by atoms with Gasteiger partial charge in [-0.2, -0.15) is 0 Å². The van der Waals surface area contributed by atoms with Gasteiger partial charge >= 0.3 is 0 Å².